The minimum absolute atomic E-state index is 0.472. The van der Waals surface area contributed by atoms with Crippen molar-refractivity contribution in [2.75, 3.05) is 0 Å². The van der Waals surface area contributed by atoms with E-state index >= 15 is 0 Å². The van der Waals surface area contributed by atoms with E-state index in [1.807, 2.05) is 0 Å². The van der Waals surface area contributed by atoms with Crippen molar-refractivity contribution in [3.05, 3.63) is 235 Å². The summed E-state index contributed by atoms with van der Waals surface area (Å²) in [6.45, 7) is 0. The van der Waals surface area contributed by atoms with Gasteiger partial charge in [-0.1, -0.05) is 194 Å². The molecule has 1 aliphatic rings. The lowest BCUT2D eigenvalue weighted by atomic mass is 9.67. The zero-order chi connectivity index (χ0) is 37.8. The maximum absolute atomic E-state index is 5.19. The molecule has 3 heteroatoms. The van der Waals surface area contributed by atoms with Gasteiger partial charge in [-0.2, -0.15) is 0 Å². The first-order valence-corrected chi connectivity index (χ1v) is 19.4. The smallest absolute Gasteiger partial charge is 0.164 e. The Morgan fingerprint density at radius 2 is 0.719 bits per heavy atom. The first kappa shape index (κ1) is 32.9. The van der Waals surface area contributed by atoms with Crippen LogP contribution >= 0.6 is 0 Å². The largest absolute Gasteiger partial charge is 0.208 e. The van der Waals surface area contributed by atoms with Gasteiger partial charge in [0.05, 0.1) is 5.41 Å². The van der Waals surface area contributed by atoms with E-state index in [2.05, 4.69) is 212 Å². The molecule has 0 saturated carbocycles. The van der Waals surface area contributed by atoms with Gasteiger partial charge >= 0.3 is 0 Å². The summed E-state index contributed by atoms with van der Waals surface area (Å²) in [6.07, 6.45) is 0. The van der Waals surface area contributed by atoms with Crippen LogP contribution in [-0.2, 0) is 5.41 Å². The number of nitrogens with zero attached hydrogens (tertiary/aromatic N) is 3. The zero-order valence-corrected chi connectivity index (χ0v) is 31.0. The van der Waals surface area contributed by atoms with E-state index in [1.54, 1.807) is 0 Å². The second-order valence-electron chi connectivity index (χ2n) is 14.8. The monoisotopic (exact) mass is 725 g/mol. The summed E-state index contributed by atoms with van der Waals surface area (Å²) in [5.41, 5.74) is 12.2. The fourth-order valence-corrected chi connectivity index (χ4v) is 8.98. The third-order valence-corrected chi connectivity index (χ3v) is 11.6. The molecule has 1 aromatic heterocycles. The highest BCUT2D eigenvalue weighted by Gasteiger charge is 2.46. The van der Waals surface area contributed by atoms with Gasteiger partial charge in [-0.3, -0.25) is 0 Å². The predicted molar refractivity (Wildman–Crippen MR) is 234 cm³/mol. The molecule has 11 rings (SSSR count). The maximum atomic E-state index is 5.19. The highest BCUT2D eigenvalue weighted by atomic mass is 15.0. The molecule has 57 heavy (non-hydrogen) atoms. The second-order valence-corrected chi connectivity index (χ2v) is 14.8. The third kappa shape index (κ3) is 5.39. The molecule has 0 bridgehead atoms. The zero-order valence-electron chi connectivity index (χ0n) is 31.0. The number of hydrogen-bond acceptors (Lipinski definition) is 3. The molecule has 0 saturated heterocycles. The van der Waals surface area contributed by atoms with Crippen LogP contribution in [0.1, 0.15) is 22.3 Å². The molecule has 1 heterocycles. The van der Waals surface area contributed by atoms with Crippen molar-refractivity contribution in [2.45, 2.75) is 5.41 Å². The molecule has 0 amide bonds. The maximum Gasteiger partial charge on any atom is 0.164 e. The molecule has 0 atom stereocenters. The minimum atomic E-state index is -0.472. The Morgan fingerprint density at radius 3 is 1.32 bits per heavy atom. The first-order valence-electron chi connectivity index (χ1n) is 19.4. The van der Waals surface area contributed by atoms with Gasteiger partial charge in [-0.05, 0) is 84.3 Å². The third-order valence-electron chi connectivity index (χ3n) is 11.6. The summed E-state index contributed by atoms with van der Waals surface area (Å²) in [6, 6.07) is 76.0. The van der Waals surface area contributed by atoms with Crippen LogP contribution < -0.4 is 0 Å². The van der Waals surface area contributed by atoms with Crippen molar-refractivity contribution in [3.8, 4) is 56.4 Å². The predicted octanol–water partition coefficient (Wildman–Crippen LogP) is 13.2. The van der Waals surface area contributed by atoms with Gasteiger partial charge in [0.1, 0.15) is 0 Å². The molecule has 3 nitrogen and oxygen atoms in total. The van der Waals surface area contributed by atoms with Crippen molar-refractivity contribution in [3.63, 3.8) is 0 Å². The summed E-state index contributed by atoms with van der Waals surface area (Å²) in [7, 11) is 0. The number of aromatic nitrogens is 3. The Balaban J connectivity index is 1.11. The lowest BCUT2D eigenvalue weighted by Crippen LogP contribution is -2.28. The highest BCUT2D eigenvalue weighted by molar-refractivity contribution is 5.96. The van der Waals surface area contributed by atoms with Crippen molar-refractivity contribution in [2.24, 2.45) is 0 Å². The molecule has 0 N–H and O–H groups in total. The van der Waals surface area contributed by atoms with E-state index in [1.165, 1.54) is 49.7 Å². The molecule has 0 unspecified atom stereocenters. The highest BCUT2D eigenvalue weighted by Crippen LogP contribution is 2.58. The lowest BCUT2D eigenvalue weighted by Gasteiger charge is -2.34. The molecule has 0 spiro atoms. The molecular formula is C54H35N3. The van der Waals surface area contributed by atoms with E-state index < -0.39 is 5.41 Å². The van der Waals surface area contributed by atoms with Crippen LogP contribution in [0.15, 0.2) is 212 Å². The van der Waals surface area contributed by atoms with Crippen molar-refractivity contribution in [1.29, 1.82) is 0 Å². The van der Waals surface area contributed by atoms with E-state index in [0.717, 1.165) is 33.0 Å². The normalized spacial score (nSPS) is 12.7. The molecular weight excluding hydrogens is 691 g/mol. The Hall–Kier alpha value is -7.49. The van der Waals surface area contributed by atoms with Crippen molar-refractivity contribution >= 4 is 21.5 Å². The molecule has 266 valence electrons. The molecule has 0 radical (unpaired) electrons. The molecule has 10 aromatic rings. The topological polar surface area (TPSA) is 38.7 Å². The van der Waals surface area contributed by atoms with Crippen LogP contribution in [0.3, 0.4) is 0 Å². The molecule has 0 aliphatic heterocycles. The number of fused-ring (bicyclic) bond motifs is 5. The molecule has 0 fully saturated rings. The van der Waals surface area contributed by atoms with Crippen LogP contribution in [0, 0.1) is 0 Å². The van der Waals surface area contributed by atoms with Crippen LogP contribution in [0.4, 0.5) is 0 Å². The van der Waals surface area contributed by atoms with Gasteiger partial charge in [0, 0.05) is 16.7 Å². The van der Waals surface area contributed by atoms with Crippen molar-refractivity contribution < 1.29 is 0 Å². The number of benzene rings is 9. The van der Waals surface area contributed by atoms with Crippen molar-refractivity contribution in [1.82, 2.24) is 15.0 Å². The Labute approximate surface area is 331 Å². The average molecular weight is 726 g/mol. The van der Waals surface area contributed by atoms with E-state index in [4.69, 9.17) is 15.0 Å². The Bertz CT molecular complexity index is 3000. The van der Waals surface area contributed by atoms with Gasteiger partial charge in [0.2, 0.25) is 0 Å². The van der Waals surface area contributed by atoms with Crippen LogP contribution in [0.25, 0.3) is 78.0 Å². The van der Waals surface area contributed by atoms with Gasteiger partial charge in [0.25, 0.3) is 0 Å². The van der Waals surface area contributed by atoms with Gasteiger partial charge in [0.15, 0.2) is 17.5 Å². The fourth-order valence-electron chi connectivity index (χ4n) is 8.98. The van der Waals surface area contributed by atoms with Crippen LogP contribution in [-0.4, -0.2) is 15.0 Å². The van der Waals surface area contributed by atoms with Crippen LogP contribution in [0.5, 0.6) is 0 Å². The van der Waals surface area contributed by atoms with E-state index in [-0.39, 0.29) is 0 Å². The standard InChI is InChI=1S/C54H35N3/c1-3-21-44(22-4-1)54(45-23-5-2-6-24-45)48-27-12-11-25-47(48)50-46(26-14-28-49(50)54)40-19-13-20-41(35-40)51-55-52(42-31-29-36-15-7-9-17-38(36)33-42)57-53(56-51)43-32-30-37-16-8-10-18-39(37)34-43/h1-35H. The summed E-state index contributed by atoms with van der Waals surface area (Å²) < 4.78 is 0. The SMILES string of the molecule is c1ccc(C2(c3ccccc3)c3ccccc3-c3c(-c4cccc(-c5nc(-c6ccc7ccccc7c6)nc(-c6ccc7ccccc7c6)n5)c4)cccc32)cc1. The summed E-state index contributed by atoms with van der Waals surface area (Å²) in [5, 5.41) is 4.65. The second kappa shape index (κ2) is 13.4. The molecule has 9 aromatic carbocycles. The summed E-state index contributed by atoms with van der Waals surface area (Å²) in [5.74, 6) is 1.92. The minimum Gasteiger partial charge on any atom is -0.208 e. The average Bonchev–Trinajstić information content (AvgIpc) is 3.60. The Kier molecular flexibility index (Phi) is 7.71. The van der Waals surface area contributed by atoms with Gasteiger partial charge in [-0.15, -0.1) is 0 Å². The van der Waals surface area contributed by atoms with E-state index in [9.17, 15) is 0 Å². The lowest BCUT2D eigenvalue weighted by molar-refractivity contribution is 0.768. The summed E-state index contributed by atoms with van der Waals surface area (Å²) in [4.78, 5) is 15.5. The quantitative estimate of drug-likeness (QED) is 0.171. The fraction of sp³-hybridized carbons (Fsp3) is 0.0185. The van der Waals surface area contributed by atoms with E-state index in [0.29, 0.717) is 17.5 Å². The van der Waals surface area contributed by atoms with Gasteiger partial charge < -0.3 is 0 Å². The summed E-state index contributed by atoms with van der Waals surface area (Å²) >= 11 is 0. The van der Waals surface area contributed by atoms with Gasteiger partial charge in [-0.25, -0.2) is 15.0 Å². The van der Waals surface area contributed by atoms with Crippen LogP contribution in [0.2, 0.25) is 0 Å². The molecule has 1 aliphatic carbocycles. The Morgan fingerprint density at radius 1 is 0.281 bits per heavy atom. The first-order chi connectivity index (χ1) is 28.2. The number of hydrogen-bond donors (Lipinski definition) is 0. The number of rotatable bonds is 6.